The molecule has 0 aliphatic carbocycles. The Bertz CT molecular complexity index is 1310. The number of ether oxygens (including phenoxy) is 2. The van der Waals surface area contributed by atoms with E-state index in [2.05, 4.69) is 15.6 Å². The molecule has 0 radical (unpaired) electrons. The Hall–Kier alpha value is -3.50. The van der Waals surface area contributed by atoms with Crippen LogP contribution in [-0.2, 0) is 25.5 Å². The zero-order valence-electron chi connectivity index (χ0n) is 22.2. The van der Waals surface area contributed by atoms with Crippen molar-refractivity contribution in [1.82, 2.24) is 20.2 Å². The number of hydrogen-bond donors (Lipinski definition) is 3. The lowest BCUT2D eigenvalue weighted by Crippen LogP contribution is -2.41. The Kier molecular flexibility index (Phi) is 8.63. The number of carbonyl (C=O) groups is 3. The molecular formula is C28H36N4O6. The van der Waals surface area contributed by atoms with Gasteiger partial charge in [-0.15, -0.1) is 0 Å². The quantitative estimate of drug-likeness (QED) is 0.257. The minimum Gasteiger partial charge on any atom is -0.465 e. The van der Waals surface area contributed by atoms with Crippen molar-refractivity contribution in [2.75, 3.05) is 26.4 Å². The van der Waals surface area contributed by atoms with Crippen molar-refractivity contribution in [3.05, 3.63) is 42.1 Å². The van der Waals surface area contributed by atoms with Crippen LogP contribution in [0.3, 0.4) is 0 Å². The van der Waals surface area contributed by atoms with Crippen molar-refractivity contribution in [1.29, 1.82) is 0 Å². The van der Waals surface area contributed by atoms with Crippen LogP contribution in [0.2, 0.25) is 0 Å². The molecule has 38 heavy (non-hydrogen) atoms. The number of piperidine rings is 1. The molecule has 1 aliphatic rings. The molecule has 1 fully saturated rings. The summed E-state index contributed by atoms with van der Waals surface area (Å²) < 4.78 is 13.7. The Labute approximate surface area is 221 Å². The summed E-state index contributed by atoms with van der Waals surface area (Å²) in [7, 11) is 0. The van der Waals surface area contributed by atoms with Crippen LogP contribution in [0.4, 0.5) is 4.79 Å². The normalized spacial score (nSPS) is 17.1. The lowest BCUT2D eigenvalue weighted by molar-refractivity contribution is -0.135. The fraction of sp³-hybridized carbons (Fsp3) is 0.500. The maximum absolute atomic E-state index is 12.7. The highest BCUT2D eigenvalue weighted by Gasteiger charge is 2.31. The second kappa shape index (κ2) is 11.9. The number of para-hydroxylation sites is 1. The van der Waals surface area contributed by atoms with Gasteiger partial charge >= 0.3 is 6.09 Å². The van der Waals surface area contributed by atoms with Crippen LogP contribution in [0.25, 0.3) is 21.9 Å². The smallest absolute Gasteiger partial charge is 0.404 e. The number of carboxylic acid groups (broad SMARTS) is 1. The van der Waals surface area contributed by atoms with E-state index in [1.54, 1.807) is 6.20 Å². The highest BCUT2D eigenvalue weighted by molar-refractivity contribution is 6.10. The molecule has 10 nitrogen and oxygen atoms in total. The van der Waals surface area contributed by atoms with E-state index < -0.39 is 12.1 Å². The van der Waals surface area contributed by atoms with Gasteiger partial charge in [0.2, 0.25) is 11.8 Å². The number of nitrogens with zero attached hydrogens (tertiary/aromatic N) is 2. The van der Waals surface area contributed by atoms with Crippen LogP contribution in [0.1, 0.15) is 51.6 Å². The number of imide groups is 1. The Morgan fingerprint density at radius 3 is 2.74 bits per heavy atom. The largest absolute Gasteiger partial charge is 0.465 e. The highest BCUT2D eigenvalue weighted by atomic mass is 16.5. The Morgan fingerprint density at radius 1 is 1.21 bits per heavy atom. The third kappa shape index (κ3) is 6.31. The van der Waals surface area contributed by atoms with E-state index in [0.29, 0.717) is 32.7 Å². The summed E-state index contributed by atoms with van der Waals surface area (Å²) in [5.41, 5.74) is 2.60. The SMILES string of the molecule is CC(C)(C)C(CNC(=O)O)OCCOCCCc1ccnc2c1c1ccccc1n2C1CCC(=O)NC1=O. The highest BCUT2D eigenvalue weighted by Crippen LogP contribution is 2.35. The summed E-state index contributed by atoms with van der Waals surface area (Å²) in [6, 6.07) is 9.49. The van der Waals surface area contributed by atoms with Crippen molar-refractivity contribution < 1.29 is 29.0 Å². The number of carbonyl (C=O) groups excluding carboxylic acids is 2. The zero-order chi connectivity index (χ0) is 27.3. The summed E-state index contributed by atoms with van der Waals surface area (Å²) in [6.45, 7) is 7.59. The van der Waals surface area contributed by atoms with Crippen LogP contribution in [0.5, 0.6) is 0 Å². The van der Waals surface area contributed by atoms with Crippen molar-refractivity contribution in [2.24, 2.45) is 5.41 Å². The van der Waals surface area contributed by atoms with Gasteiger partial charge in [-0.05, 0) is 42.4 Å². The number of hydrogen-bond acceptors (Lipinski definition) is 6. The fourth-order valence-electron chi connectivity index (χ4n) is 4.94. The molecule has 1 saturated heterocycles. The first-order chi connectivity index (χ1) is 18.2. The third-order valence-electron chi connectivity index (χ3n) is 6.89. The minimum absolute atomic E-state index is 0.206. The molecule has 3 heterocycles. The summed E-state index contributed by atoms with van der Waals surface area (Å²) in [5.74, 6) is -0.531. The molecule has 3 N–H and O–H groups in total. The van der Waals surface area contributed by atoms with E-state index in [9.17, 15) is 14.4 Å². The molecule has 0 spiro atoms. The predicted octanol–water partition coefficient (Wildman–Crippen LogP) is 3.82. The number of rotatable bonds is 11. The van der Waals surface area contributed by atoms with Gasteiger partial charge < -0.3 is 24.5 Å². The second-order valence-electron chi connectivity index (χ2n) is 10.7. The first-order valence-electron chi connectivity index (χ1n) is 13.0. The minimum atomic E-state index is -1.07. The average molecular weight is 525 g/mol. The molecule has 2 atom stereocenters. The van der Waals surface area contributed by atoms with Gasteiger partial charge in [0, 0.05) is 36.5 Å². The zero-order valence-corrected chi connectivity index (χ0v) is 22.2. The van der Waals surface area contributed by atoms with Gasteiger partial charge in [0.1, 0.15) is 11.7 Å². The maximum atomic E-state index is 12.7. The molecule has 204 valence electrons. The van der Waals surface area contributed by atoms with Crippen molar-refractivity contribution in [3.8, 4) is 0 Å². The van der Waals surface area contributed by atoms with Gasteiger partial charge in [-0.1, -0.05) is 39.0 Å². The third-order valence-corrected chi connectivity index (χ3v) is 6.89. The van der Waals surface area contributed by atoms with Gasteiger partial charge in [-0.25, -0.2) is 9.78 Å². The van der Waals surface area contributed by atoms with E-state index in [-0.39, 0.29) is 29.9 Å². The molecule has 10 heteroatoms. The topological polar surface area (TPSA) is 132 Å². The average Bonchev–Trinajstić information content (AvgIpc) is 3.19. The van der Waals surface area contributed by atoms with Crippen molar-refractivity contribution in [3.63, 3.8) is 0 Å². The number of nitrogens with one attached hydrogen (secondary N) is 2. The second-order valence-corrected chi connectivity index (χ2v) is 10.7. The summed E-state index contributed by atoms with van der Waals surface area (Å²) in [4.78, 5) is 39.9. The number of aryl methyl sites for hydroxylation is 1. The molecule has 3 aromatic rings. The lowest BCUT2D eigenvalue weighted by atomic mass is 9.89. The van der Waals surface area contributed by atoms with E-state index in [4.69, 9.17) is 14.6 Å². The van der Waals surface area contributed by atoms with Crippen molar-refractivity contribution in [2.45, 2.75) is 58.6 Å². The van der Waals surface area contributed by atoms with Crippen LogP contribution in [0.15, 0.2) is 36.5 Å². The van der Waals surface area contributed by atoms with Gasteiger partial charge in [-0.2, -0.15) is 0 Å². The number of fused-ring (bicyclic) bond motifs is 3. The summed E-state index contributed by atoms with van der Waals surface area (Å²) >= 11 is 0. The molecule has 2 aromatic heterocycles. The molecule has 2 unspecified atom stereocenters. The summed E-state index contributed by atoms with van der Waals surface area (Å²) in [6.07, 6.45) is 2.77. The molecular weight excluding hydrogens is 488 g/mol. The van der Waals surface area contributed by atoms with Crippen LogP contribution < -0.4 is 10.6 Å². The first-order valence-corrected chi connectivity index (χ1v) is 13.0. The molecule has 4 rings (SSSR count). The van der Waals surface area contributed by atoms with E-state index in [0.717, 1.165) is 40.3 Å². The Morgan fingerprint density at radius 2 is 2.00 bits per heavy atom. The molecule has 0 saturated carbocycles. The van der Waals surface area contributed by atoms with Crippen molar-refractivity contribution >= 4 is 39.8 Å². The standard InChI is InChI=1S/C28H36N4O6/c1-28(2,3)22(17-30-27(35)36)38-16-15-37-14-6-7-18-12-13-29-25-24(18)19-8-4-5-9-20(19)32(25)21-10-11-23(33)31-26(21)34/h4-5,8-9,12-13,21-22,30H,6-7,10-11,14-17H2,1-3H3,(H,35,36)(H,31,33,34). The van der Waals surface area contributed by atoms with E-state index in [1.807, 2.05) is 55.7 Å². The van der Waals surface area contributed by atoms with Crippen LogP contribution >= 0.6 is 0 Å². The number of aromatic nitrogens is 2. The fourth-order valence-corrected chi connectivity index (χ4v) is 4.94. The number of pyridine rings is 1. The van der Waals surface area contributed by atoms with Gasteiger partial charge in [0.25, 0.3) is 0 Å². The van der Waals surface area contributed by atoms with Crippen LogP contribution in [-0.4, -0.2) is 65.0 Å². The van der Waals surface area contributed by atoms with E-state index in [1.165, 1.54) is 0 Å². The Balaban J connectivity index is 1.39. The summed E-state index contributed by atoms with van der Waals surface area (Å²) in [5, 5.41) is 15.8. The molecule has 1 aliphatic heterocycles. The molecule has 3 amide bonds. The first kappa shape index (κ1) is 27.5. The van der Waals surface area contributed by atoms with Crippen LogP contribution in [0, 0.1) is 5.41 Å². The monoisotopic (exact) mass is 524 g/mol. The number of benzene rings is 1. The predicted molar refractivity (Wildman–Crippen MR) is 143 cm³/mol. The molecule has 0 bridgehead atoms. The molecule has 1 aromatic carbocycles. The maximum Gasteiger partial charge on any atom is 0.404 e. The van der Waals surface area contributed by atoms with Gasteiger partial charge in [0.05, 0.1) is 24.8 Å². The van der Waals surface area contributed by atoms with E-state index >= 15 is 0 Å². The number of amides is 3. The van der Waals surface area contributed by atoms with Gasteiger partial charge in [-0.3, -0.25) is 14.9 Å². The van der Waals surface area contributed by atoms with Gasteiger partial charge in [0.15, 0.2) is 0 Å². The lowest BCUT2D eigenvalue weighted by Gasteiger charge is -2.30.